The van der Waals surface area contributed by atoms with Crippen molar-refractivity contribution in [2.75, 3.05) is 13.1 Å². The second-order valence-corrected chi connectivity index (χ2v) is 7.92. The van der Waals surface area contributed by atoms with Crippen molar-refractivity contribution in [2.45, 2.75) is 47.4 Å². The number of aromatic nitrogens is 2. The van der Waals surface area contributed by atoms with Crippen LogP contribution in [0.15, 0.2) is 42.7 Å². The fourth-order valence-electron chi connectivity index (χ4n) is 4.59. The number of benzene rings is 2. The van der Waals surface area contributed by atoms with E-state index in [1.807, 2.05) is 0 Å². The Morgan fingerprint density at radius 1 is 1.07 bits per heavy atom. The van der Waals surface area contributed by atoms with E-state index in [0.717, 1.165) is 13.1 Å². The number of hydrogen-bond donors (Lipinski definition) is 1. The van der Waals surface area contributed by atoms with E-state index in [9.17, 15) is 4.79 Å². The van der Waals surface area contributed by atoms with E-state index in [1.54, 1.807) is 0 Å². The molecule has 0 radical (unpaired) electrons. The number of esters is 1. The molecule has 0 bridgehead atoms. The molecule has 0 saturated heterocycles. The number of ether oxygens (including phenoxy) is 1. The first-order valence-electron chi connectivity index (χ1n) is 10.7. The molecule has 5 heteroatoms. The van der Waals surface area contributed by atoms with Crippen LogP contribution in [0.5, 0.6) is 0 Å². The summed E-state index contributed by atoms with van der Waals surface area (Å²) in [6.45, 7) is 12.3. The van der Waals surface area contributed by atoms with Crippen LogP contribution < -0.4 is 4.57 Å². The van der Waals surface area contributed by atoms with Gasteiger partial charge in [0.15, 0.2) is 18.9 Å². The van der Waals surface area contributed by atoms with E-state index in [0.29, 0.717) is 6.54 Å². The Balaban J connectivity index is 1.85. The minimum atomic E-state index is -0.279. The molecule has 0 saturated carbocycles. The highest BCUT2D eigenvalue weighted by atomic mass is 16.6. The van der Waals surface area contributed by atoms with Gasteiger partial charge in [0.1, 0.15) is 0 Å². The molecule has 5 nitrogen and oxygen atoms in total. The smallest absolute Gasteiger partial charge is 0.304 e. The van der Waals surface area contributed by atoms with Gasteiger partial charge in [-0.15, -0.1) is 0 Å². The quantitative estimate of drug-likeness (QED) is 0.290. The van der Waals surface area contributed by atoms with Gasteiger partial charge in [-0.25, -0.2) is 0 Å². The highest BCUT2D eigenvalue weighted by molar-refractivity contribution is 6.16. The van der Waals surface area contributed by atoms with Crippen LogP contribution in [-0.2, 0) is 16.1 Å². The van der Waals surface area contributed by atoms with E-state index in [-0.39, 0.29) is 12.2 Å². The first kappa shape index (κ1) is 20.4. The highest BCUT2D eigenvalue weighted by Gasteiger charge is 2.24. The number of nitrogens with one attached hydrogen (secondary N) is 1. The number of para-hydroxylation sites is 1. The van der Waals surface area contributed by atoms with Gasteiger partial charge in [-0.3, -0.25) is 9.69 Å². The summed E-state index contributed by atoms with van der Waals surface area (Å²) in [5, 5.41) is 5.02. The Bertz CT molecular complexity index is 1240. The second kappa shape index (κ2) is 8.07. The maximum atomic E-state index is 11.7. The van der Waals surface area contributed by atoms with Crippen LogP contribution in [0.2, 0.25) is 0 Å². The Hall–Kier alpha value is -2.92. The summed E-state index contributed by atoms with van der Waals surface area (Å²) in [7, 11) is 0. The van der Waals surface area contributed by atoms with E-state index >= 15 is 0 Å². The lowest BCUT2D eigenvalue weighted by atomic mass is 9.97. The summed E-state index contributed by atoms with van der Waals surface area (Å²) in [4.78, 5) is 17.4. The molecule has 0 aliphatic carbocycles. The van der Waals surface area contributed by atoms with Crippen molar-refractivity contribution < 1.29 is 14.1 Å². The molecule has 1 unspecified atom stereocenters. The van der Waals surface area contributed by atoms with Gasteiger partial charge in [-0.1, -0.05) is 32.0 Å². The predicted molar refractivity (Wildman–Crippen MR) is 121 cm³/mol. The Morgan fingerprint density at radius 3 is 2.50 bits per heavy atom. The molecular formula is C25H30N3O2+. The molecule has 30 heavy (non-hydrogen) atoms. The molecule has 2 aromatic heterocycles. The summed E-state index contributed by atoms with van der Waals surface area (Å²) in [5.41, 5.74) is 4.90. The number of carbonyl (C=O) groups is 1. The van der Waals surface area contributed by atoms with Crippen LogP contribution in [0, 0.1) is 13.8 Å². The summed E-state index contributed by atoms with van der Waals surface area (Å²) in [6.07, 6.45) is 4.00. The SMILES string of the molecule is CCN(CC)C(C[n+]1ccc2c(C)c3[nH]c4ccccc4c3c(C)c2c1)OC(C)=O. The van der Waals surface area contributed by atoms with Crippen molar-refractivity contribution in [3.8, 4) is 0 Å². The normalized spacial score (nSPS) is 12.9. The molecule has 4 rings (SSSR count). The first-order chi connectivity index (χ1) is 14.4. The van der Waals surface area contributed by atoms with Crippen molar-refractivity contribution in [3.63, 3.8) is 0 Å². The summed E-state index contributed by atoms with van der Waals surface area (Å²) in [6, 6.07) is 10.6. The molecule has 1 atom stereocenters. The molecule has 2 heterocycles. The summed E-state index contributed by atoms with van der Waals surface area (Å²) >= 11 is 0. The van der Waals surface area contributed by atoms with Crippen molar-refractivity contribution in [1.29, 1.82) is 0 Å². The lowest BCUT2D eigenvalue weighted by Gasteiger charge is -2.26. The number of rotatable bonds is 6. The summed E-state index contributed by atoms with van der Waals surface area (Å²) < 4.78 is 7.78. The largest absolute Gasteiger partial charge is 0.440 e. The van der Waals surface area contributed by atoms with Gasteiger partial charge in [0.2, 0.25) is 6.23 Å². The van der Waals surface area contributed by atoms with Crippen LogP contribution in [0.3, 0.4) is 0 Å². The topological polar surface area (TPSA) is 49.2 Å². The van der Waals surface area contributed by atoms with Gasteiger partial charge in [-0.05, 0) is 49.5 Å². The number of fused-ring (bicyclic) bond motifs is 4. The third kappa shape index (κ3) is 3.43. The zero-order chi connectivity index (χ0) is 21.4. The van der Waals surface area contributed by atoms with E-state index in [1.165, 1.54) is 50.6 Å². The van der Waals surface area contributed by atoms with E-state index in [2.05, 4.69) is 84.9 Å². The molecule has 0 aliphatic rings. The molecule has 156 valence electrons. The molecule has 4 aromatic rings. The van der Waals surface area contributed by atoms with Gasteiger partial charge in [0, 0.05) is 34.7 Å². The zero-order valence-electron chi connectivity index (χ0n) is 18.5. The standard InChI is InChI=1S/C25H29N3O2/c1-6-28(7-2)23(30-18(5)29)15-27-13-12-19-17(4)25-24(16(3)21(19)14-27)20-10-8-9-11-22(20)26-25/h8-14,23H,6-7,15H2,1-5H3/p+1. The fourth-order valence-corrected chi connectivity index (χ4v) is 4.59. The van der Waals surface area contributed by atoms with Gasteiger partial charge < -0.3 is 9.72 Å². The molecular weight excluding hydrogens is 374 g/mol. The van der Waals surface area contributed by atoms with Gasteiger partial charge in [0.05, 0.1) is 5.52 Å². The lowest BCUT2D eigenvalue weighted by Crippen LogP contribution is -2.49. The minimum Gasteiger partial charge on any atom is -0.440 e. The molecule has 0 amide bonds. The van der Waals surface area contributed by atoms with Crippen LogP contribution in [0.1, 0.15) is 31.9 Å². The number of carbonyl (C=O) groups excluding carboxylic acids is 1. The maximum Gasteiger partial charge on any atom is 0.304 e. The molecule has 0 aliphatic heterocycles. The number of pyridine rings is 1. The molecule has 1 N–H and O–H groups in total. The number of aryl methyl sites for hydroxylation is 2. The first-order valence-corrected chi connectivity index (χ1v) is 10.7. The summed E-state index contributed by atoms with van der Waals surface area (Å²) in [5.74, 6) is -0.249. The Kier molecular flexibility index (Phi) is 5.48. The third-order valence-corrected chi connectivity index (χ3v) is 6.17. The molecule has 0 fully saturated rings. The van der Waals surface area contributed by atoms with Gasteiger partial charge >= 0.3 is 5.97 Å². The number of likely N-dealkylation sites (N-methyl/N-ethyl adjacent to an activating group) is 1. The highest BCUT2D eigenvalue weighted by Crippen LogP contribution is 2.35. The maximum absolute atomic E-state index is 11.7. The second-order valence-electron chi connectivity index (χ2n) is 7.92. The van der Waals surface area contributed by atoms with Crippen LogP contribution in [0.4, 0.5) is 0 Å². The van der Waals surface area contributed by atoms with Crippen LogP contribution >= 0.6 is 0 Å². The van der Waals surface area contributed by atoms with Crippen molar-refractivity contribution in [1.82, 2.24) is 9.88 Å². The van der Waals surface area contributed by atoms with E-state index in [4.69, 9.17) is 4.74 Å². The fraction of sp³-hybridized carbons (Fsp3) is 0.360. The monoisotopic (exact) mass is 404 g/mol. The van der Waals surface area contributed by atoms with Crippen molar-refractivity contribution >= 4 is 38.5 Å². The van der Waals surface area contributed by atoms with Gasteiger partial charge in [-0.2, -0.15) is 4.57 Å². The van der Waals surface area contributed by atoms with Gasteiger partial charge in [0.25, 0.3) is 0 Å². The number of nitrogens with zero attached hydrogens (tertiary/aromatic N) is 2. The van der Waals surface area contributed by atoms with Crippen LogP contribution in [0.25, 0.3) is 32.6 Å². The molecule has 2 aromatic carbocycles. The third-order valence-electron chi connectivity index (χ3n) is 6.17. The average molecular weight is 405 g/mol. The molecule has 0 spiro atoms. The van der Waals surface area contributed by atoms with Crippen LogP contribution in [-0.4, -0.2) is 35.2 Å². The van der Waals surface area contributed by atoms with E-state index < -0.39 is 0 Å². The number of H-pyrrole nitrogens is 1. The Labute approximate surface area is 177 Å². The predicted octanol–water partition coefficient (Wildman–Crippen LogP) is 4.61. The average Bonchev–Trinajstić information content (AvgIpc) is 3.12. The minimum absolute atomic E-state index is 0.249. The van der Waals surface area contributed by atoms with Crippen molar-refractivity contribution in [2.24, 2.45) is 0 Å². The zero-order valence-corrected chi connectivity index (χ0v) is 18.5. The lowest BCUT2D eigenvalue weighted by molar-refractivity contribution is -0.705. The van der Waals surface area contributed by atoms with Crippen molar-refractivity contribution in [3.05, 3.63) is 53.9 Å². The number of aromatic amines is 1. The number of hydrogen-bond acceptors (Lipinski definition) is 3. The Morgan fingerprint density at radius 2 is 1.80 bits per heavy atom.